The maximum atomic E-state index is 13.0. The summed E-state index contributed by atoms with van der Waals surface area (Å²) in [7, 11) is 1.20. The van der Waals surface area contributed by atoms with Crippen LogP contribution >= 0.6 is 0 Å². The fourth-order valence-corrected chi connectivity index (χ4v) is 4.41. The normalized spacial score (nSPS) is 16.2. The summed E-state index contributed by atoms with van der Waals surface area (Å²) >= 11 is 0. The summed E-state index contributed by atoms with van der Waals surface area (Å²) in [6, 6.07) is 21.7. The fraction of sp³-hybridized carbons (Fsp3) is 0.323. The van der Waals surface area contributed by atoms with E-state index in [0.717, 1.165) is 11.1 Å². The van der Waals surface area contributed by atoms with Crippen LogP contribution in [0.2, 0.25) is 0 Å². The van der Waals surface area contributed by atoms with Crippen molar-refractivity contribution in [2.45, 2.75) is 58.0 Å². The van der Waals surface area contributed by atoms with Crippen LogP contribution in [0.5, 0.6) is 11.5 Å². The lowest BCUT2D eigenvalue weighted by atomic mass is 9.85. The molecule has 9 nitrogen and oxygen atoms in total. The zero-order valence-electron chi connectivity index (χ0n) is 23.0. The molecule has 3 aromatic rings. The van der Waals surface area contributed by atoms with Crippen LogP contribution in [0.1, 0.15) is 54.2 Å². The molecular weight excluding hydrogens is 514 g/mol. The number of methoxy groups -OCH3 is 1. The highest BCUT2D eigenvalue weighted by atomic mass is 16.7. The molecule has 4 rings (SSSR count). The molecule has 0 saturated heterocycles. The average Bonchev–Trinajstić information content (AvgIpc) is 2.91. The summed E-state index contributed by atoms with van der Waals surface area (Å²) in [6.45, 7) is 5.35. The van der Waals surface area contributed by atoms with Gasteiger partial charge in [0, 0.05) is 18.4 Å². The number of fused-ring (bicyclic) bond motifs is 1. The first kappa shape index (κ1) is 28.5. The van der Waals surface area contributed by atoms with E-state index in [1.54, 1.807) is 51.1 Å². The number of hydrogen-bond acceptors (Lipinski definition) is 8. The molecule has 1 amide bonds. The standard InChI is InChI=1S/C31H33NO8/c1-30(2,3)39-28(34)32-31(40-29(35)36-4)18-17-22-13-10-16-26(24(22)19-31)38-25-15-9-8-14-23(25)27(33)37-20-21-11-6-5-7-12-21/h5-16H,17-20H2,1-4H3,(H,32,34)/t31-/m0/s1. The minimum absolute atomic E-state index is 0.0907. The number of ether oxygens (including phenoxy) is 5. The maximum absolute atomic E-state index is 13.0. The minimum Gasteiger partial charge on any atom is -0.457 e. The topological polar surface area (TPSA) is 109 Å². The third-order valence-electron chi connectivity index (χ3n) is 6.20. The lowest BCUT2D eigenvalue weighted by Gasteiger charge is -2.38. The third-order valence-corrected chi connectivity index (χ3v) is 6.20. The van der Waals surface area contributed by atoms with Gasteiger partial charge in [-0.25, -0.2) is 14.4 Å². The number of hydrogen-bond donors (Lipinski definition) is 1. The van der Waals surface area contributed by atoms with Gasteiger partial charge in [-0.3, -0.25) is 5.32 Å². The molecule has 1 N–H and O–H groups in total. The van der Waals surface area contributed by atoms with E-state index in [0.29, 0.717) is 29.9 Å². The second kappa shape index (κ2) is 12.1. The van der Waals surface area contributed by atoms with E-state index in [-0.39, 0.29) is 18.6 Å². The number of amides is 1. The molecular formula is C31H33NO8. The molecule has 0 fully saturated rings. The van der Waals surface area contributed by atoms with Gasteiger partial charge in [-0.2, -0.15) is 0 Å². The van der Waals surface area contributed by atoms with Gasteiger partial charge in [-0.1, -0.05) is 54.6 Å². The van der Waals surface area contributed by atoms with Gasteiger partial charge in [0.15, 0.2) is 5.72 Å². The number of carbonyl (C=O) groups is 3. The molecule has 40 heavy (non-hydrogen) atoms. The Hall–Kier alpha value is -4.53. The van der Waals surface area contributed by atoms with Crippen LogP contribution in [0.3, 0.4) is 0 Å². The summed E-state index contributed by atoms with van der Waals surface area (Å²) in [6.07, 6.45) is -0.817. The van der Waals surface area contributed by atoms with Crippen LogP contribution in [0.4, 0.5) is 9.59 Å². The summed E-state index contributed by atoms with van der Waals surface area (Å²) in [5, 5.41) is 2.73. The number of esters is 1. The zero-order valence-corrected chi connectivity index (χ0v) is 23.0. The quantitative estimate of drug-likeness (QED) is 0.208. The van der Waals surface area contributed by atoms with Crippen LogP contribution in [0, 0.1) is 0 Å². The van der Waals surface area contributed by atoms with Crippen molar-refractivity contribution in [1.29, 1.82) is 0 Å². The van der Waals surface area contributed by atoms with Crippen LogP contribution in [0.25, 0.3) is 0 Å². The second-order valence-electron chi connectivity index (χ2n) is 10.4. The number of carbonyl (C=O) groups excluding carboxylic acids is 3. The van der Waals surface area contributed by atoms with Crippen molar-refractivity contribution in [1.82, 2.24) is 5.32 Å². The summed E-state index contributed by atoms with van der Waals surface area (Å²) < 4.78 is 27.6. The van der Waals surface area contributed by atoms with E-state index < -0.39 is 29.5 Å². The van der Waals surface area contributed by atoms with Crippen molar-refractivity contribution < 1.29 is 38.1 Å². The number of nitrogens with one attached hydrogen (secondary N) is 1. The van der Waals surface area contributed by atoms with Gasteiger partial charge >= 0.3 is 18.2 Å². The molecule has 0 unspecified atom stereocenters. The number of aryl methyl sites for hydroxylation is 1. The summed E-state index contributed by atoms with van der Waals surface area (Å²) in [4.78, 5) is 37.9. The first-order chi connectivity index (χ1) is 19.1. The van der Waals surface area contributed by atoms with Crippen LogP contribution in [0.15, 0.2) is 72.8 Å². The van der Waals surface area contributed by atoms with Gasteiger partial charge in [0.2, 0.25) is 0 Å². The number of alkyl carbamates (subject to hydrolysis) is 1. The van der Waals surface area contributed by atoms with E-state index in [4.69, 9.17) is 23.7 Å². The largest absolute Gasteiger partial charge is 0.510 e. The van der Waals surface area contributed by atoms with Crippen molar-refractivity contribution >= 4 is 18.2 Å². The van der Waals surface area contributed by atoms with Crippen molar-refractivity contribution in [3.8, 4) is 11.5 Å². The molecule has 1 atom stereocenters. The predicted octanol–water partition coefficient (Wildman–Crippen LogP) is 6.33. The van der Waals surface area contributed by atoms with Gasteiger partial charge < -0.3 is 23.7 Å². The van der Waals surface area contributed by atoms with E-state index in [9.17, 15) is 14.4 Å². The minimum atomic E-state index is -1.43. The first-order valence-electron chi connectivity index (χ1n) is 12.9. The van der Waals surface area contributed by atoms with Gasteiger partial charge in [0.25, 0.3) is 0 Å². The predicted molar refractivity (Wildman–Crippen MR) is 146 cm³/mol. The zero-order chi connectivity index (χ0) is 28.8. The molecule has 210 valence electrons. The molecule has 0 bridgehead atoms. The average molecular weight is 548 g/mol. The van der Waals surface area contributed by atoms with Crippen molar-refractivity contribution in [3.63, 3.8) is 0 Å². The van der Waals surface area contributed by atoms with Gasteiger partial charge in [-0.05, 0) is 56.5 Å². The van der Waals surface area contributed by atoms with Gasteiger partial charge in [0.1, 0.15) is 29.3 Å². The monoisotopic (exact) mass is 547 g/mol. The maximum Gasteiger partial charge on any atom is 0.510 e. The Balaban J connectivity index is 1.59. The number of rotatable bonds is 7. The molecule has 0 spiro atoms. The molecule has 9 heteroatoms. The first-order valence-corrected chi connectivity index (χ1v) is 12.9. The third kappa shape index (κ3) is 7.31. The molecule has 0 radical (unpaired) electrons. The smallest absolute Gasteiger partial charge is 0.457 e. The Morgan fingerprint density at radius 1 is 0.900 bits per heavy atom. The number of para-hydroxylation sites is 1. The van der Waals surface area contributed by atoms with E-state index >= 15 is 0 Å². The molecule has 0 heterocycles. The second-order valence-corrected chi connectivity index (χ2v) is 10.4. The molecule has 1 aliphatic rings. The van der Waals surface area contributed by atoms with Crippen LogP contribution < -0.4 is 10.1 Å². The SMILES string of the molecule is COC(=O)O[C@@]1(NC(=O)OC(C)(C)C)CCc2cccc(Oc3ccccc3C(=O)OCc3ccccc3)c2C1. The lowest BCUT2D eigenvalue weighted by Crippen LogP contribution is -2.56. The lowest BCUT2D eigenvalue weighted by molar-refractivity contribution is -0.0600. The van der Waals surface area contributed by atoms with Crippen molar-refractivity contribution in [2.75, 3.05) is 7.11 Å². The molecule has 0 aromatic heterocycles. The molecule has 0 saturated carbocycles. The Bertz CT molecular complexity index is 1370. The Morgan fingerprint density at radius 3 is 2.33 bits per heavy atom. The summed E-state index contributed by atoms with van der Waals surface area (Å²) in [5.41, 5.74) is 0.603. The highest BCUT2D eigenvalue weighted by Crippen LogP contribution is 2.38. The van der Waals surface area contributed by atoms with Crippen molar-refractivity contribution in [2.24, 2.45) is 0 Å². The highest BCUT2D eigenvalue weighted by molar-refractivity contribution is 5.92. The van der Waals surface area contributed by atoms with E-state index in [2.05, 4.69) is 5.32 Å². The Kier molecular flexibility index (Phi) is 8.62. The Morgan fingerprint density at radius 2 is 1.60 bits per heavy atom. The highest BCUT2D eigenvalue weighted by Gasteiger charge is 2.42. The summed E-state index contributed by atoms with van der Waals surface area (Å²) in [5.74, 6) is 0.225. The van der Waals surface area contributed by atoms with E-state index in [1.165, 1.54) is 7.11 Å². The van der Waals surface area contributed by atoms with Gasteiger partial charge in [0.05, 0.1) is 7.11 Å². The van der Waals surface area contributed by atoms with E-state index in [1.807, 2.05) is 42.5 Å². The fourth-order valence-electron chi connectivity index (χ4n) is 4.41. The van der Waals surface area contributed by atoms with Gasteiger partial charge in [-0.15, -0.1) is 0 Å². The van der Waals surface area contributed by atoms with Crippen LogP contribution in [-0.2, 0) is 38.4 Å². The van der Waals surface area contributed by atoms with Crippen LogP contribution in [-0.4, -0.2) is 36.7 Å². The van der Waals surface area contributed by atoms with Crippen molar-refractivity contribution in [3.05, 3.63) is 95.1 Å². The Labute approximate surface area is 233 Å². The molecule has 3 aromatic carbocycles. The number of benzene rings is 3. The molecule has 0 aliphatic heterocycles. The molecule has 1 aliphatic carbocycles.